The van der Waals surface area contributed by atoms with Crippen molar-refractivity contribution in [1.29, 1.82) is 0 Å². The van der Waals surface area contributed by atoms with Crippen molar-refractivity contribution in [3.8, 4) is 0 Å². The average molecular weight is 221 g/mol. The van der Waals surface area contributed by atoms with Crippen LogP contribution in [0.25, 0.3) is 0 Å². The lowest BCUT2D eigenvalue weighted by atomic mass is 10.1. The van der Waals surface area contributed by atoms with Crippen molar-refractivity contribution in [3.05, 3.63) is 34.9 Å². The zero-order valence-corrected chi connectivity index (χ0v) is 10.1. The summed E-state index contributed by atoms with van der Waals surface area (Å²) in [6, 6.07) is 6.31. The van der Waals surface area contributed by atoms with Crippen LogP contribution in [0.5, 0.6) is 0 Å². The molecule has 1 unspecified atom stereocenters. The van der Waals surface area contributed by atoms with E-state index in [0.717, 1.165) is 6.54 Å². The van der Waals surface area contributed by atoms with E-state index >= 15 is 0 Å². The SMILES string of the molecule is Cc1ccc(C)c(CNCC(C)C(=O)O)c1. The summed E-state index contributed by atoms with van der Waals surface area (Å²) in [6.07, 6.45) is 0. The summed E-state index contributed by atoms with van der Waals surface area (Å²) in [7, 11) is 0. The Hall–Kier alpha value is -1.35. The second-order valence-corrected chi connectivity index (χ2v) is 4.30. The molecule has 88 valence electrons. The van der Waals surface area contributed by atoms with Crippen LogP contribution in [-0.4, -0.2) is 17.6 Å². The number of benzene rings is 1. The second kappa shape index (κ2) is 5.66. The standard InChI is InChI=1S/C13H19NO2/c1-9-4-5-10(2)12(6-9)8-14-7-11(3)13(15)16/h4-6,11,14H,7-8H2,1-3H3,(H,15,16). The molecule has 0 spiro atoms. The van der Waals surface area contributed by atoms with Gasteiger partial charge in [0.05, 0.1) is 5.92 Å². The van der Waals surface area contributed by atoms with Gasteiger partial charge in [-0.25, -0.2) is 0 Å². The summed E-state index contributed by atoms with van der Waals surface area (Å²) in [4.78, 5) is 10.6. The monoisotopic (exact) mass is 221 g/mol. The fraction of sp³-hybridized carbons (Fsp3) is 0.462. The highest BCUT2D eigenvalue weighted by atomic mass is 16.4. The highest BCUT2D eigenvalue weighted by Crippen LogP contribution is 2.10. The van der Waals surface area contributed by atoms with Crippen molar-refractivity contribution in [2.45, 2.75) is 27.3 Å². The van der Waals surface area contributed by atoms with Gasteiger partial charge in [0.25, 0.3) is 0 Å². The molecule has 0 aliphatic rings. The van der Waals surface area contributed by atoms with Crippen molar-refractivity contribution in [2.75, 3.05) is 6.54 Å². The van der Waals surface area contributed by atoms with Gasteiger partial charge in [0.1, 0.15) is 0 Å². The molecule has 3 nitrogen and oxygen atoms in total. The molecule has 3 heteroatoms. The number of carboxylic acids is 1. The molecule has 2 N–H and O–H groups in total. The van der Waals surface area contributed by atoms with E-state index in [4.69, 9.17) is 5.11 Å². The first kappa shape index (κ1) is 12.7. The van der Waals surface area contributed by atoms with Gasteiger partial charge in [0, 0.05) is 13.1 Å². The third-order valence-electron chi connectivity index (χ3n) is 2.69. The highest BCUT2D eigenvalue weighted by molar-refractivity contribution is 5.69. The van der Waals surface area contributed by atoms with E-state index in [2.05, 4.69) is 37.4 Å². The van der Waals surface area contributed by atoms with Crippen LogP contribution in [-0.2, 0) is 11.3 Å². The first-order valence-electron chi connectivity index (χ1n) is 5.50. The summed E-state index contributed by atoms with van der Waals surface area (Å²) in [5, 5.41) is 11.9. The molecular weight excluding hydrogens is 202 g/mol. The van der Waals surface area contributed by atoms with Gasteiger partial charge >= 0.3 is 5.97 Å². The fourth-order valence-corrected chi connectivity index (χ4v) is 1.50. The normalized spacial score (nSPS) is 12.4. The molecule has 0 radical (unpaired) electrons. The number of rotatable bonds is 5. The summed E-state index contributed by atoms with van der Waals surface area (Å²) in [5.74, 6) is -1.10. The molecule has 1 rings (SSSR count). The maximum atomic E-state index is 10.6. The molecule has 0 saturated carbocycles. The van der Waals surface area contributed by atoms with Crippen molar-refractivity contribution >= 4 is 5.97 Å². The Kier molecular flexibility index (Phi) is 4.50. The predicted octanol–water partition coefficient (Wildman–Crippen LogP) is 2.11. The Morgan fingerprint density at radius 2 is 2.12 bits per heavy atom. The number of aliphatic carboxylic acids is 1. The van der Waals surface area contributed by atoms with E-state index in [1.807, 2.05) is 0 Å². The average Bonchev–Trinajstić information content (AvgIpc) is 2.22. The van der Waals surface area contributed by atoms with Gasteiger partial charge in [-0.15, -0.1) is 0 Å². The van der Waals surface area contributed by atoms with Gasteiger partial charge in [0.15, 0.2) is 0 Å². The topological polar surface area (TPSA) is 49.3 Å². The fourth-order valence-electron chi connectivity index (χ4n) is 1.50. The number of hydrogen-bond acceptors (Lipinski definition) is 2. The lowest BCUT2D eigenvalue weighted by molar-refractivity contribution is -0.140. The third-order valence-corrected chi connectivity index (χ3v) is 2.69. The first-order chi connectivity index (χ1) is 7.50. The van der Waals surface area contributed by atoms with Crippen molar-refractivity contribution in [1.82, 2.24) is 5.32 Å². The van der Waals surface area contributed by atoms with Gasteiger partial charge < -0.3 is 10.4 Å². The van der Waals surface area contributed by atoms with E-state index in [1.54, 1.807) is 6.92 Å². The van der Waals surface area contributed by atoms with Crippen LogP contribution < -0.4 is 5.32 Å². The number of aryl methyl sites for hydroxylation is 2. The quantitative estimate of drug-likeness (QED) is 0.800. The van der Waals surface area contributed by atoms with Crippen LogP contribution >= 0.6 is 0 Å². The van der Waals surface area contributed by atoms with Gasteiger partial charge in [-0.3, -0.25) is 4.79 Å². The van der Waals surface area contributed by atoms with Crippen molar-refractivity contribution in [2.24, 2.45) is 5.92 Å². The van der Waals surface area contributed by atoms with Gasteiger partial charge in [0.2, 0.25) is 0 Å². The largest absolute Gasteiger partial charge is 0.481 e. The highest BCUT2D eigenvalue weighted by Gasteiger charge is 2.09. The van der Waals surface area contributed by atoms with Crippen LogP contribution in [0, 0.1) is 19.8 Å². The molecule has 1 aromatic rings. The summed E-state index contributed by atoms with van der Waals surface area (Å²) >= 11 is 0. The Morgan fingerprint density at radius 1 is 1.44 bits per heavy atom. The van der Waals surface area contributed by atoms with E-state index in [0.29, 0.717) is 6.54 Å². The van der Waals surface area contributed by atoms with Crippen LogP contribution in [0.1, 0.15) is 23.6 Å². The van der Waals surface area contributed by atoms with Crippen molar-refractivity contribution in [3.63, 3.8) is 0 Å². The van der Waals surface area contributed by atoms with Gasteiger partial charge in [-0.1, -0.05) is 30.7 Å². The maximum absolute atomic E-state index is 10.6. The lowest BCUT2D eigenvalue weighted by Crippen LogP contribution is -2.26. The van der Waals surface area contributed by atoms with Crippen molar-refractivity contribution < 1.29 is 9.90 Å². The smallest absolute Gasteiger partial charge is 0.307 e. The Bertz CT molecular complexity index is 374. The minimum Gasteiger partial charge on any atom is -0.481 e. The van der Waals surface area contributed by atoms with E-state index in [-0.39, 0.29) is 5.92 Å². The number of hydrogen-bond donors (Lipinski definition) is 2. The summed E-state index contributed by atoms with van der Waals surface area (Å²) in [5.41, 5.74) is 3.70. The number of carbonyl (C=O) groups is 1. The van der Waals surface area contributed by atoms with E-state index < -0.39 is 5.97 Å². The summed E-state index contributed by atoms with van der Waals surface area (Å²) < 4.78 is 0. The van der Waals surface area contributed by atoms with Gasteiger partial charge in [-0.05, 0) is 25.0 Å². The number of nitrogens with one attached hydrogen (secondary N) is 1. The van der Waals surface area contributed by atoms with Crippen LogP contribution in [0.4, 0.5) is 0 Å². The molecule has 0 aliphatic heterocycles. The zero-order chi connectivity index (χ0) is 12.1. The Morgan fingerprint density at radius 3 is 2.75 bits per heavy atom. The molecule has 16 heavy (non-hydrogen) atoms. The first-order valence-corrected chi connectivity index (χ1v) is 5.50. The molecule has 0 aliphatic carbocycles. The van der Waals surface area contributed by atoms with Crippen LogP contribution in [0.3, 0.4) is 0 Å². The lowest BCUT2D eigenvalue weighted by Gasteiger charge is -2.10. The minimum atomic E-state index is -0.756. The van der Waals surface area contributed by atoms with E-state index in [1.165, 1.54) is 16.7 Å². The molecule has 1 aromatic carbocycles. The molecule has 0 amide bonds. The molecule has 1 atom stereocenters. The maximum Gasteiger partial charge on any atom is 0.307 e. The Labute approximate surface area is 96.5 Å². The third kappa shape index (κ3) is 3.66. The molecule has 0 saturated heterocycles. The second-order valence-electron chi connectivity index (χ2n) is 4.30. The van der Waals surface area contributed by atoms with Crippen LogP contribution in [0.15, 0.2) is 18.2 Å². The number of carboxylic acid groups (broad SMARTS) is 1. The zero-order valence-electron chi connectivity index (χ0n) is 10.1. The predicted molar refractivity (Wildman–Crippen MR) is 64.4 cm³/mol. The molecular formula is C13H19NO2. The summed E-state index contributed by atoms with van der Waals surface area (Å²) in [6.45, 7) is 7.06. The Balaban J connectivity index is 2.48. The molecule has 0 bridgehead atoms. The van der Waals surface area contributed by atoms with Gasteiger partial charge in [-0.2, -0.15) is 0 Å². The molecule has 0 aromatic heterocycles. The van der Waals surface area contributed by atoms with E-state index in [9.17, 15) is 4.79 Å². The molecule has 0 fully saturated rings. The van der Waals surface area contributed by atoms with Crippen LogP contribution in [0.2, 0.25) is 0 Å². The molecule has 0 heterocycles. The minimum absolute atomic E-state index is 0.342.